The Morgan fingerprint density at radius 1 is 1.35 bits per heavy atom. The summed E-state index contributed by atoms with van der Waals surface area (Å²) in [5, 5.41) is 0. The summed E-state index contributed by atoms with van der Waals surface area (Å²) in [6.45, 7) is 4.03. The van der Waals surface area contributed by atoms with Crippen molar-refractivity contribution in [2.75, 3.05) is 19.6 Å². The summed E-state index contributed by atoms with van der Waals surface area (Å²) in [7, 11) is 0. The number of nitrogens with zero attached hydrogens (tertiary/aromatic N) is 1. The van der Waals surface area contributed by atoms with Crippen molar-refractivity contribution >= 4 is 31.9 Å². The summed E-state index contributed by atoms with van der Waals surface area (Å²) < 4.78 is 7.37. The van der Waals surface area contributed by atoms with Crippen molar-refractivity contribution in [1.29, 1.82) is 0 Å². The first-order valence-electron chi connectivity index (χ1n) is 6.05. The molecule has 0 aromatic carbocycles. The van der Waals surface area contributed by atoms with Crippen LogP contribution in [0.2, 0.25) is 0 Å². The number of hydrogen-bond acceptors (Lipinski definition) is 3. The Morgan fingerprint density at radius 3 is 2.59 bits per heavy atom. The van der Waals surface area contributed by atoms with E-state index in [9.17, 15) is 0 Å². The molecule has 2 heterocycles. The SMILES string of the molecule is NCCC1CCN(Cc2cc(Br)c(Br)o2)CC1. The molecular weight excluding hydrogens is 348 g/mol. The van der Waals surface area contributed by atoms with Crippen molar-refractivity contribution in [2.24, 2.45) is 11.7 Å². The molecule has 96 valence electrons. The number of likely N-dealkylation sites (tertiary alicyclic amines) is 1. The van der Waals surface area contributed by atoms with Gasteiger partial charge in [0, 0.05) is 0 Å². The second-order valence-corrected chi connectivity index (χ2v) is 6.21. The normalized spacial score (nSPS) is 18.8. The molecule has 17 heavy (non-hydrogen) atoms. The quantitative estimate of drug-likeness (QED) is 0.889. The fraction of sp³-hybridized carbons (Fsp3) is 0.667. The molecule has 1 saturated heterocycles. The number of piperidine rings is 1. The summed E-state index contributed by atoms with van der Waals surface area (Å²) in [5.41, 5.74) is 5.60. The molecule has 0 spiro atoms. The van der Waals surface area contributed by atoms with E-state index in [2.05, 4.69) is 36.8 Å². The van der Waals surface area contributed by atoms with Gasteiger partial charge in [-0.3, -0.25) is 4.90 Å². The van der Waals surface area contributed by atoms with Crippen LogP contribution in [0.4, 0.5) is 0 Å². The lowest BCUT2D eigenvalue weighted by atomic mass is 9.93. The predicted molar refractivity (Wildman–Crippen MR) is 75.8 cm³/mol. The van der Waals surface area contributed by atoms with Crippen molar-refractivity contribution < 1.29 is 4.42 Å². The smallest absolute Gasteiger partial charge is 0.183 e. The number of furan rings is 1. The van der Waals surface area contributed by atoms with Gasteiger partial charge in [-0.05, 0) is 82.7 Å². The van der Waals surface area contributed by atoms with E-state index in [0.29, 0.717) is 0 Å². The second-order valence-electron chi connectivity index (χ2n) is 4.63. The Bertz CT molecular complexity index is 340. The number of rotatable bonds is 4. The summed E-state index contributed by atoms with van der Waals surface area (Å²) in [4.78, 5) is 2.45. The topological polar surface area (TPSA) is 42.4 Å². The van der Waals surface area contributed by atoms with E-state index in [1.165, 1.54) is 19.3 Å². The van der Waals surface area contributed by atoms with Crippen LogP contribution < -0.4 is 5.73 Å². The molecule has 0 unspecified atom stereocenters. The molecule has 0 saturated carbocycles. The molecule has 1 aromatic heterocycles. The largest absolute Gasteiger partial charge is 0.452 e. The molecule has 3 nitrogen and oxygen atoms in total. The number of hydrogen-bond donors (Lipinski definition) is 1. The Kier molecular flexibility index (Phi) is 5.09. The summed E-state index contributed by atoms with van der Waals surface area (Å²) >= 11 is 6.80. The molecule has 0 atom stereocenters. The molecule has 1 aliphatic rings. The minimum absolute atomic E-state index is 0.783. The lowest BCUT2D eigenvalue weighted by Gasteiger charge is -2.31. The van der Waals surface area contributed by atoms with Crippen LogP contribution in [0.3, 0.4) is 0 Å². The first-order valence-corrected chi connectivity index (χ1v) is 7.63. The summed E-state index contributed by atoms with van der Waals surface area (Å²) in [6.07, 6.45) is 3.70. The van der Waals surface area contributed by atoms with Gasteiger partial charge >= 0.3 is 0 Å². The van der Waals surface area contributed by atoms with Crippen LogP contribution in [0.25, 0.3) is 0 Å². The molecule has 0 aliphatic carbocycles. The zero-order valence-corrected chi connectivity index (χ0v) is 13.0. The third-order valence-corrected chi connectivity index (χ3v) is 5.07. The van der Waals surface area contributed by atoms with E-state index in [1.54, 1.807) is 0 Å². The lowest BCUT2D eigenvalue weighted by Crippen LogP contribution is -2.33. The van der Waals surface area contributed by atoms with Gasteiger partial charge in [0.1, 0.15) is 5.76 Å². The van der Waals surface area contributed by atoms with Crippen molar-refractivity contribution in [3.63, 3.8) is 0 Å². The van der Waals surface area contributed by atoms with E-state index in [0.717, 1.165) is 47.0 Å². The predicted octanol–water partition coefficient (Wildman–Crippen LogP) is 3.37. The third-order valence-electron chi connectivity index (χ3n) is 3.36. The van der Waals surface area contributed by atoms with Crippen LogP contribution >= 0.6 is 31.9 Å². The van der Waals surface area contributed by atoms with Crippen LogP contribution in [0.5, 0.6) is 0 Å². The molecular formula is C12H18Br2N2O. The maximum atomic E-state index is 5.60. The average molecular weight is 366 g/mol. The van der Waals surface area contributed by atoms with Crippen molar-refractivity contribution in [3.8, 4) is 0 Å². The maximum Gasteiger partial charge on any atom is 0.183 e. The average Bonchev–Trinajstić information content (AvgIpc) is 2.61. The van der Waals surface area contributed by atoms with Gasteiger partial charge in [0.05, 0.1) is 11.0 Å². The van der Waals surface area contributed by atoms with E-state index >= 15 is 0 Å². The van der Waals surface area contributed by atoms with Crippen molar-refractivity contribution in [3.05, 3.63) is 21.0 Å². The molecule has 1 aliphatic heterocycles. The molecule has 0 amide bonds. The van der Waals surface area contributed by atoms with Crippen molar-refractivity contribution in [1.82, 2.24) is 4.90 Å². The third kappa shape index (κ3) is 3.81. The van der Waals surface area contributed by atoms with Gasteiger partial charge in [-0.1, -0.05) is 0 Å². The van der Waals surface area contributed by atoms with Crippen LogP contribution in [0.15, 0.2) is 19.6 Å². The number of nitrogens with two attached hydrogens (primary N) is 1. The minimum atomic E-state index is 0.783. The van der Waals surface area contributed by atoms with Crippen LogP contribution in [-0.4, -0.2) is 24.5 Å². The zero-order chi connectivity index (χ0) is 12.3. The summed E-state index contributed by atoms with van der Waals surface area (Å²) in [5.74, 6) is 1.84. The van der Waals surface area contributed by atoms with E-state index < -0.39 is 0 Å². The first kappa shape index (κ1) is 13.6. The molecule has 0 bridgehead atoms. The van der Waals surface area contributed by atoms with Gasteiger partial charge < -0.3 is 10.2 Å². The van der Waals surface area contributed by atoms with Crippen LogP contribution in [0, 0.1) is 5.92 Å². The summed E-state index contributed by atoms with van der Waals surface area (Å²) in [6, 6.07) is 2.04. The Balaban J connectivity index is 1.81. The Labute approximate surface area is 119 Å². The van der Waals surface area contributed by atoms with Crippen molar-refractivity contribution in [2.45, 2.75) is 25.8 Å². The van der Waals surface area contributed by atoms with Gasteiger partial charge in [0.15, 0.2) is 4.67 Å². The van der Waals surface area contributed by atoms with Crippen LogP contribution in [0.1, 0.15) is 25.0 Å². The minimum Gasteiger partial charge on any atom is -0.452 e. The standard InChI is InChI=1S/C12H18Br2N2O/c13-11-7-10(17-12(11)14)8-16-5-2-9(1-4-15)3-6-16/h7,9H,1-6,8,15H2. The van der Waals surface area contributed by atoms with E-state index in [-0.39, 0.29) is 0 Å². The molecule has 1 fully saturated rings. The highest BCUT2D eigenvalue weighted by atomic mass is 79.9. The highest BCUT2D eigenvalue weighted by Gasteiger charge is 2.19. The van der Waals surface area contributed by atoms with Crippen LogP contribution in [-0.2, 0) is 6.54 Å². The van der Waals surface area contributed by atoms with E-state index in [1.807, 2.05) is 6.07 Å². The maximum absolute atomic E-state index is 5.60. The molecule has 2 rings (SSSR count). The monoisotopic (exact) mass is 364 g/mol. The molecule has 5 heteroatoms. The number of halogens is 2. The van der Waals surface area contributed by atoms with Gasteiger partial charge in [-0.25, -0.2) is 0 Å². The first-order chi connectivity index (χ1) is 8.19. The molecule has 0 radical (unpaired) electrons. The van der Waals surface area contributed by atoms with Gasteiger partial charge in [-0.15, -0.1) is 0 Å². The Morgan fingerprint density at radius 2 is 2.06 bits per heavy atom. The highest BCUT2D eigenvalue weighted by molar-refractivity contribution is 9.13. The van der Waals surface area contributed by atoms with Gasteiger partial charge in [0.25, 0.3) is 0 Å². The van der Waals surface area contributed by atoms with Gasteiger partial charge in [0.2, 0.25) is 0 Å². The zero-order valence-electron chi connectivity index (χ0n) is 9.79. The fourth-order valence-electron chi connectivity index (χ4n) is 2.36. The second kappa shape index (κ2) is 6.36. The highest BCUT2D eigenvalue weighted by Crippen LogP contribution is 2.28. The lowest BCUT2D eigenvalue weighted by molar-refractivity contribution is 0.162. The fourth-order valence-corrected chi connectivity index (χ4v) is 3.02. The molecule has 2 N–H and O–H groups in total. The Hall–Kier alpha value is 0.160. The van der Waals surface area contributed by atoms with Gasteiger partial charge in [-0.2, -0.15) is 0 Å². The van der Waals surface area contributed by atoms with E-state index in [4.69, 9.17) is 10.2 Å². The molecule has 1 aromatic rings.